The standard InChI is InChI=1S/C11H11ClN4O2/c12-8-3-1-7(2-4-8)6-16-9(5-13)10(11(17)18)14-15-16/h1-4H,5-6,13H2,(H,17,18). The van der Waals surface area contributed by atoms with Crippen molar-refractivity contribution >= 4 is 17.6 Å². The van der Waals surface area contributed by atoms with Gasteiger partial charge in [0.05, 0.1) is 12.2 Å². The highest BCUT2D eigenvalue weighted by atomic mass is 35.5. The number of halogens is 1. The SMILES string of the molecule is NCc1c(C(=O)O)nnn1Cc1ccc(Cl)cc1. The fourth-order valence-corrected chi connectivity index (χ4v) is 1.72. The van der Waals surface area contributed by atoms with Gasteiger partial charge in [0.2, 0.25) is 0 Å². The van der Waals surface area contributed by atoms with E-state index >= 15 is 0 Å². The zero-order chi connectivity index (χ0) is 13.1. The van der Waals surface area contributed by atoms with E-state index in [9.17, 15) is 4.79 Å². The van der Waals surface area contributed by atoms with E-state index in [1.807, 2.05) is 12.1 Å². The molecule has 0 bridgehead atoms. The van der Waals surface area contributed by atoms with Crippen molar-refractivity contribution in [3.8, 4) is 0 Å². The topological polar surface area (TPSA) is 94.0 Å². The van der Waals surface area contributed by atoms with E-state index < -0.39 is 5.97 Å². The van der Waals surface area contributed by atoms with Gasteiger partial charge in [-0.2, -0.15) is 0 Å². The van der Waals surface area contributed by atoms with E-state index in [2.05, 4.69) is 10.3 Å². The fourth-order valence-electron chi connectivity index (χ4n) is 1.59. The summed E-state index contributed by atoms with van der Waals surface area (Å²) in [6.07, 6.45) is 0. The lowest BCUT2D eigenvalue weighted by Crippen LogP contribution is -2.13. The molecule has 1 aromatic heterocycles. The minimum absolute atomic E-state index is 0.0716. The molecule has 0 saturated carbocycles. The van der Waals surface area contributed by atoms with Gasteiger partial charge in [-0.25, -0.2) is 9.48 Å². The Labute approximate surface area is 108 Å². The van der Waals surface area contributed by atoms with Crippen LogP contribution in [-0.2, 0) is 13.1 Å². The van der Waals surface area contributed by atoms with Gasteiger partial charge in [0.15, 0.2) is 5.69 Å². The first-order chi connectivity index (χ1) is 8.61. The summed E-state index contributed by atoms with van der Waals surface area (Å²) in [7, 11) is 0. The Kier molecular flexibility index (Phi) is 3.59. The molecule has 2 aromatic rings. The van der Waals surface area contributed by atoms with Gasteiger partial charge in [-0.1, -0.05) is 28.9 Å². The van der Waals surface area contributed by atoms with Crippen LogP contribution in [0.3, 0.4) is 0 Å². The molecule has 7 heteroatoms. The first-order valence-electron chi connectivity index (χ1n) is 5.22. The van der Waals surface area contributed by atoms with Gasteiger partial charge in [0, 0.05) is 11.6 Å². The second-order valence-electron chi connectivity index (χ2n) is 3.68. The van der Waals surface area contributed by atoms with Crippen molar-refractivity contribution in [3.63, 3.8) is 0 Å². The minimum Gasteiger partial charge on any atom is -0.476 e. The van der Waals surface area contributed by atoms with Crippen LogP contribution in [0, 0.1) is 0 Å². The molecule has 1 aromatic carbocycles. The van der Waals surface area contributed by atoms with Crippen LogP contribution in [0.25, 0.3) is 0 Å². The lowest BCUT2D eigenvalue weighted by atomic mass is 10.2. The van der Waals surface area contributed by atoms with Crippen molar-refractivity contribution in [1.29, 1.82) is 0 Å². The molecule has 1 heterocycles. The Morgan fingerprint density at radius 1 is 1.39 bits per heavy atom. The molecule has 0 saturated heterocycles. The largest absolute Gasteiger partial charge is 0.476 e. The Balaban J connectivity index is 2.29. The number of hydrogen-bond acceptors (Lipinski definition) is 4. The molecule has 6 nitrogen and oxygen atoms in total. The number of nitrogens with zero attached hydrogens (tertiary/aromatic N) is 3. The van der Waals surface area contributed by atoms with E-state index in [4.69, 9.17) is 22.4 Å². The van der Waals surface area contributed by atoms with E-state index in [1.54, 1.807) is 12.1 Å². The molecule has 0 amide bonds. The Hall–Kier alpha value is -1.92. The van der Waals surface area contributed by atoms with Crippen molar-refractivity contribution in [2.24, 2.45) is 5.73 Å². The first-order valence-corrected chi connectivity index (χ1v) is 5.59. The predicted octanol–water partition coefficient (Wildman–Crippen LogP) is 1.14. The number of hydrogen-bond donors (Lipinski definition) is 2. The molecule has 0 aliphatic rings. The molecule has 94 valence electrons. The quantitative estimate of drug-likeness (QED) is 0.865. The van der Waals surface area contributed by atoms with Gasteiger partial charge in [-0.05, 0) is 17.7 Å². The van der Waals surface area contributed by atoms with Crippen LogP contribution >= 0.6 is 11.6 Å². The third-order valence-corrected chi connectivity index (χ3v) is 2.73. The predicted molar refractivity (Wildman–Crippen MR) is 65.4 cm³/mol. The molecule has 18 heavy (non-hydrogen) atoms. The number of nitrogens with two attached hydrogens (primary N) is 1. The summed E-state index contributed by atoms with van der Waals surface area (Å²) in [5.74, 6) is -1.13. The summed E-state index contributed by atoms with van der Waals surface area (Å²) in [6.45, 7) is 0.478. The number of carboxylic acids is 1. The number of aromatic carboxylic acids is 1. The first kappa shape index (κ1) is 12.5. The summed E-state index contributed by atoms with van der Waals surface area (Å²) in [4.78, 5) is 10.9. The van der Waals surface area contributed by atoms with Gasteiger partial charge in [0.1, 0.15) is 0 Å². The van der Waals surface area contributed by atoms with Crippen LogP contribution in [-0.4, -0.2) is 26.1 Å². The molecule has 2 rings (SSSR count). The van der Waals surface area contributed by atoms with Crippen LogP contribution in [0.15, 0.2) is 24.3 Å². The molecular weight excluding hydrogens is 256 g/mol. The molecule has 0 spiro atoms. The fraction of sp³-hybridized carbons (Fsp3) is 0.182. The average Bonchev–Trinajstić information content (AvgIpc) is 2.75. The van der Waals surface area contributed by atoms with Gasteiger partial charge < -0.3 is 10.8 Å². The van der Waals surface area contributed by atoms with Gasteiger partial charge in [-0.3, -0.25) is 0 Å². The van der Waals surface area contributed by atoms with Gasteiger partial charge >= 0.3 is 5.97 Å². The molecule has 0 atom stereocenters. The third kappa shape index (κ3) is 2.49. The van der Waals surface area contributed by atoms with Crippen molar-refractivity contribution in [1.82, 2.24) is 15.0 Å². The van der Waals surface area contributed by atoms with E-state index in [-0.39, 0.29) is 12.2 Å². The highest BCUT2D eigenvalue weighted by Gasteiger charge is 2.17. The normalized spacial score (nSPS) is 10.6. The van der Waals surface area contributed by atoms with Crippen molar-refractivity contribution in [2.75, 3.05) is 0 Å². The minimum atomic E-state index is -1.13. The van der Waals surface area contributed by atoms with Crippen molar-refractivity contribution in [2.45, 2.75) is 13.1 Å². The second-order valence-corrected chi connectivity index (χ2v) is 4.11. The number of aromatic nitrogens is 3. The monoisotopic (exact) mass is 266 g/mol. The van der Waals surface area contributed by atoms with E-state index in [0.717, 1.165) is 5.56 Å². The summed E-state index contributed by atoms with van der Waals surface area (Å²) >= 11 is 5.79. The summed E-state index contributed by atoms with van der Waals surface area (Å²) < 4.78 is 1.48. The Morgan fingerprint density at radius 2 is 2.06 bits per heavy atom. The van der Waals surface area contributed by atoms with Crippen LogP contribution in [0.5, 0.6) is 0 Å². The second kappa shape index (κ2) is 5.16. The third-order valence-electron chi connectivity index (χ3n) is 2.48. The van der Waals surface area contributed by atoms with Crippen LogP contribution in [0.1, 0.15) is 21.7 Å². The number of carboxylic acid groups (broad SMARTS) is 1. The maximum atomic E-state index is 10.9. The highest BCUT2D eigenvalue weighted by molar-refractivity contribution is 6.30. The van der Waals surface area contributed by atoms with Crippen molar-refractivity contribution in [3.05, 3.63) is 46.2 Å². The molecular formula is C11H11ClN4O2. The maximum absolute atomic E-state index is 10.9. The zero-order valence-electron chi connectivity index (χ0n) is 9.38. The molecule has 3 N–H and O–H groups in total. The average molecular weight is 267 g/mol. The number of benzene rings is 1. The summed E-state index contributed by atoms with van der Waals surface area (Å²) in [5, 5.41) is 17.0. The van der Waals surface area contributed by atoms with Crippen molar-refractivity contribution < 1.29 is 9.90 Å². The van der Waals surface area contributed by atoms with E-state index in [1.165, 1.54) is 4.68 Å². The molecule has 0 aliphatic carbocycles. The smallest absolute Gasteiger partial charge is 0.358 e. The molecule has 0 unspecified atom stereocenters. The summed E-state index contributed by atoms with van der Waals surface area (Å²) in [6, 6.07) is 7.19. The lowest BCUT2D eigenvalue weighted by molar-refractivity contribution is 0.0689. The van der Waals surface area contributed by atoms with E-state index in [0.29, 0.717) is 17.3 Å². The van der Waals surface area contributed by atoms with Crippen LogP contribution in [0.2, 0.25) is 5.02 Å². The molecule has 0 aliphatic heterocycles. The zero-order valence-corrected chi connectivity index (χ0v) is 10.1. The van der Waals surface area contributed by atoms with Gasteiger partial charge in [0.25, 0.3) is 0 Å². The van der Waals surface area contributed by atoms with Crippen LogP contribution < -0.4 is 5.73 Å². The lowest BCUT2D eigenvalue weighted by Gasteiger charge is -2.05. The molecule has 0 fully saturated rings. The number of rotatable bonds is 4. The van der Waals surface area contributed by atoms with Gasteiger partial charge in [-0.15, -0.1) is 5.10 Å². The summed E-state index contributed by atoms with van der Waals surface area (Å²) in [5.41, 5.74) is 6.76. The molecule has 0 radical (unpaired) electrons. The Morgan fingerprint density at radius 3 is 2.61 bits per heavy atom. The maximum Gasteiger partial charge on any atom is 0.358 e. The number of carbonyl (C=O) groups is 1. The van der Waals surface area contributed by atoms with Crippen LogP contribution in [0.4, 0.5) is 0 Å². The highest BCUT2D eigenvalue weighted by Crippen LogP contribution is 2.12. The Bertz CT molecular complexity index is 565.